The lowest BCUT2D eigenvalue weighted by atomic mass is 9.99. The minimum Gasteiger partial charge on any atom is -0.347 e. The fourth-order valence-corrected chi connectivity index (χ4v) is 4.67. The maximum Gasteiger partial charge on any atom is 0.229 e. The highest BCUT2D eigenvalue weighted by atomic mass is 16.2. The lowest BCUT2D eigenvalue weighted by Crippen LogP contribution is -2.33. The summed E-state index contributed by atoms with van der Waals surface area (Å²) in [5, 5.41) is 0. The van der Waals surface area contributed by atoms with E-state index in [-0.39, 0.29) is 11.9 Å². The topological polar surface area (TPSA) is 66.6 Å². The van der Waals surface area contributed by atoms with E-state index in [0.717, 1.165) is 53.2 Å². The maximum atomic E-state index is 13.6. The summed E-state index contributed by atoms with van der Waals surface area (Å²) in [6.07, 6.45) is 6.03. The Morgan fingerprint density at radius 2 is 1.88 bits per heavy atom. The third-order valence-corrected chi connectivity index (χ3v) is 6.33. The zero-order valence-electron chi connectivity index (χ0n) is 19.3. The molecule has 0 unspecified atom stereocenters. The molecule has 3 aromatic heterocycles. The molecule has 0 spiro atoms. The van der Waals surface area contributed by atoms with Crippen molar-refractivity contribution in [2.75, 3.05) is 25.5 Å². The van der Waals surface area contributed by atoms with Gasteiger partial charge in [-0.2, -0.15) is 0 Å². The fourth-order valence-electron chi connectivity index (χ4n) is 4.67. The number of hydrogen-bond acceptors (Lipinski definition) is 5. The zero-order chi connectivity index (χ0) is 22.9. The van der Waals surface area contributed by atoms with Gasteiger partial charge in [-0.15, -0.1) is 0 Å². The molecule has 1 fully saturated rings. The van der Waals surface area contributed by atoms with Gasteiger partial charge in [0.25, 0.3) is 0 Å². The molecule has 5 rings (SSSR count). The quantitative estimate of drug-likeness (QED) is 0.468. The summed E-state index contributed by atoms with van der Waals surface area (Å²) in [6, 6.07) is 16.0. The third-order valence-electron chi connectivity index (χ3n) is 6.33. The number of carbonyl (C=O) groups excluding carboxylic acids is 1. The van der Waals surface area contributed by atoms with Crippen molar-refractivity contribution >= 4 is 17.5 Å². The van der Waals surface area contributed by atoms with Gasteiger partial charge < -0.3 is 14.2 Å². The summed E-state index contributed by atoms with van der Waals surface area (Å²) in [7, 11) is 3.87. The molecular formula is C26H28N6O. The number of aromatic nitrogens is 4. The highest BCUT2D eigenvalue weighted by Crippen LogP contribution is 2.37. The highest BCUT2D eigenvalue weighted by Gasteiger charge is 2.34. The van der Waals surface area contributed by atoms with Crippen molar-refractivity contribution < 1.29 is 4.79 Å². The number of nitrogens with zero attached hydrogens (tertiary/aromatic N) is 6. The van der Waals surface area contributed by atoms with Gasteiger partial charge in [0.05, 0.1) is 29.5 Å². The largest absolute Gasteiger partial charge is 0.347 e. The van der Waals surface area contributed by atoms with E-state index in [1.54, 1.807) is 0 Å². The first-order chi connectivity index (χ1) is 16.0. The summed E-state index contributed by atoms with van der Waals surface area (Å²) in [5.41, 5.74) is 5.68. The molecule has 1 aromatic carbocycles. The predicted molar refractivity (Wildman–Crippen MR) is 129 cm³/mol. The van der Waals surface area contributed by atoms with Crippen molar-refractivity contribution in [2.45, 2.75) is 32.2 Å². The van der Waals surface area contributed by atoms with Crippen LogP contribution >= 0.6 is 0 Å². The van der Waals surface area contributed by atoms with Gasteiger partial charge in [0.1, 0.15) is 5.65 Å². The van der Waals surface area contributed by atoms with Gasteiger partial charge in [-0.1, -0.05) is 36.4 Å². The summed E-state index contributed by atoms with van der Waals surface area (Å²) >= 11 is 0. The second-order valence-corrected chi connectivity index (χ2v) is 8.72. The monoisotopic (exact) mass is 440 g/mol. The molecule has 33 heavy (non-hydrogen) atoms. The summed E-state index contributed by atoms with van der Waals surface area (Å²) in [4.78, 5) is 31.6. The Hall–Kier alpha value is -3.74. The van der Waals surface area contributed by atoms with Gasteiger partial charge in [-0.3, -0.25) is 4.79 Å². The average Bonchev–Trinajstić information content (AvgIpc) is 3.44. The average molecular weight is 441 g/mol. The van der Waals surface area contributed by atoms with Crippen LogP contribution in [0.4, 0.5) is 5.95 Å². The number of hydrogen-bond donors (Lipinski definition) is 0. The number of likely N-dealkylation sites (tertiary alicyclic amines) is 1. The second kappa shape index (κ2) is 8.65. The molecular weight excluding hydrogens is 412 g/mol. The van der Waals surface area contributed by atoms with E-state index in [0.29, 0.717) is 12.4 Å². The third kappa shape index (κ3) is 3.95. The highest BCUT2D eigenvalue weighted by molar-refractivity contribution is 5.80. The Bertz CT molecular complexity index is 1300. The number of pyridine rings is 1. The van der Waals surface area contributed by atoms with Crippen LogP contribution in [0.3, 0.4) is 0 Å². The van der Waals surface area contributed by atoms with E-state index < -0.39 is 0 Å². The number of anilines is 1. The molecule has 1 aliphatic rings. The van der Waals surface area contributed by atoms with Crippen LogP contribution in [-0.2, 0) is 11.2 Å². The van der Waals surface area contributed by atoms with Gasteiger partial charge in [0.15, 0.2) is 0 Å². The molecule has 4 heterocycles. The molecule has 168 valence electrons. The normalized spacial score (nSPS) is 15.8. The summed E-state index contributed by atoms with van der Waals surface area (Å²) < 4.78 is 2.02. The first-order valence-corrected chi connectivity index (χ1v) is 11.3. The van der Waals surface area contributed by atoms with E-state index >= 15 is 0 Å². The molecule has 1 saturated heterocycles. The number of amides is 1. The van der Waals surface area contributed by atoms with Crippen molar-refractivity contribution in [2.24, 2.45) is 0 Å². The van der Waals surface area contributed by atoms with Crippen LogP contribution in [0, 0.1) is 6.92 Å². The minimum absolute atomic E-state index is 0.0751. The first kappa shape index (κ1) is 21.1. The minimum atomic E-state index is -0.0751. The van der Waals surface area contributed by atoms with Gasteiger partial charge in [0.2, 0.25) is 11.9 Å². The van der Waals surface area contributed by atoms with Crippen LogP contribution in [0.2, 0.25) is 0 Å². The standard InChI is InChI=1S/C26H28N6O/c1-18-22(31-14-8-7-13-23(31)28-18)16-24(33)32-15-9-12-21(32)25-20(19-10-5-4-6-11-19)17-27-26(29-25)30(2)3/h4-8,10-11,13-14,17,21H,9,12,15-16H2,1-3H3/t21-/m1/s1. The molecule has 1 aliphatic heterocycles. The second-order valence-electron chi connectivity index (χ2n) is 8.72. The van der Waals surface area contributed by atoms with Crippen molar-refractivity contribution in [3.05, 3.63) is 78.0 Å². The fraction of sp³-hybridized carbons (Fsp3) is 0.308. The van der Waals surface area contributed by atoms with Crippen LogP contribution < -0.4 is 4.90 Å². The van der Waals surface area contributed by atoms with Gasteiger partial charge in [0, 0.05) is 38.6 Å². The van der Waals surface area contributed by atoms with E-state index in [1.807, 2.05) is 84.0 Å². The predicted octanol–water partition coefficient (Wildman–Crippen LogP) is 4.07. The van der Waals surface area contributed by atoms with Crippen LogP contribution in [0.1, 0.15) is 36.0 Å². The Labute approximate surface area is 193 Å². The Morgan fingerprint density at radius 3 is 2.67 bits per heavy atom. The molecule has 7 nitrogen and oxygen atoms in total. The molecule has 0 bridgehead atoms. The molecule has 0 aliphatic carbocycles. The molecule has 1 amide bonds. The van der Waals surface area contributed by atoms with E-state index in [1.165, 1.54) is 0 Å². The number of imidazole rings is 1. The van der Waals surface area contributed by atoms with Gasteiger partial charge in [-0.05, 0) is 37.5 Å². The van der Waals surface area contributed by atoms with Crippen molar-refractivity contribution in [1.29, 1.82) is 0 Å². The SMILES string of the molecule is Cc1nc2ccccn2c1CC(=O)N1CCC[C@@H]1c1nc(N(C)C)ncc1-c1ccccc1. The summed E-state index contributed by atoms with van der Waals surface area (Å²) in [5.74, 6) is 0.761. The van der Waals surface area contributed by atoms with E-state index in [9.17, 15) is 4.79 Å². The zero-order valence-corrected chi connectivity index (χ0v) is 19.3. The smallest absolute Gasteiger partial charge is 0.229 e. The molecule has 0 saturated carbocycles. The lowest BCUT2D eigenvalue weighted by molar-refractivity contribution is -0.131. The van der Waals surface area contributed by atoms with Crippen LogP contribution in [0.15, 0.2) is 60.9 Å². The lowest BCUT2D eigenvalue weighted by Gasteiger charge is -2.27. The van der Waals surface area contributed by atoms with E-state index in [2.05, 4.69) is 22.1 Å². The van der Waals surface area contributed by atoms with Gasteiger partial charge >= 0.3 is 0 Å². The molecule has 0 N–H and O–H groups in total. The van der Waals surface area contributed by atoms with Crippen LogP contribution in [0.5, 0.6) is 0 Å². The van der Waals surface area contributed by atoms with Crippen LogP contribution in [0.25, 0.3) is 16.8 Å². The molecule has 1 atom stereocenters. The number of aryl methyl sites for hydroxylation is 1. The number of rotatable bonds is 5. The maximum absolute atomic E-state index is 13.6. The van der Waals surface area contributed by atoms with E-state index in [4.69, 9.17) is 4.98 Å². The summed E-state index contributed by atoms with van der Waals surface area (Å²) in [6.45, 7) is 2.70. The number of carbonyl (C=O) groups is 1. The van der Waals surface area contributed by atoms with Crippen LogP contribution in [-0.4, -0.2) is 50.8 Å². The number of benzene rings is 1. The molecule has 7 heteroatoms. The van der Waals surface area contributed by atoms with Crippen molar-refractivity contribution in [3.63, 3.8) is 0 Å². The molecule has 0 radical (unpaired) electrons. The Morgan fingerprint density at radius 1 is 1.09 bits per heavy atom. The van der Waals surface area contributed by atoms with Crippen molar-refractivity contribution in [3.8, 4) is 11.1 Å². The van der Waals surface area contributed by atoms with Crippen molar-refractivity contribution in [1.82, 2.24) is 24.3 Å². The number of fused-ring (bicyclic) bond motifs is 1. The molecule has 4 aromatic rings. The van der Waals surface area contributed by atoms with Gasteiger partial charge in [-0.25, -0.2) is 15.0 Å². The first-order valence-electron chi connectivity index (χ1n) is 11.3. The Balaban J connectivity index is 1.51. The Kier molecular flexibility index (Phi) is 5.54.